The zero-order valence-electron chi connectivity index (χ0n) is 21.1. The number of ether oxygens (including phenoxy) is 2. The highest BCUT2D eigenvalue weighted by molar-refractivity contribution is 6.01. The third kappa shape index (κ3) is 6.38. The summed E-state index contributed by atoms with van der Waals surface area (Å²) in [6.07, 6.45) is 4.75. The maximum absolute atomic E-state index is 13.9. The van der Waals surface area contributed by atoms with Crippen LogP contribution in [0, 0.1) is 18.7 Å². The number of nitrogens with one attached hydrogen (secondary N) is 2. The molecule has 9 nitrogen and oxygen atoms in total. The molecule has 1 amide bonds. The van der Waals surface area contributed by atoms with Crippen LogP contribution in [-0.4, -0.2) is 50.9 Å². The van der Waals surface area contributed by atoms with Crippen molar-refractivity contribution in [2.75, 3.05) is 25.1 Å². The van der Waals surface area contributed by atoms with Gasteiger partial charge in [0, 0.05) is 31.3 Å². The number of carbonyl (C=O) groups is 1. The molecule has 2 N–H and O–H groups in total. The molecule has 196 valence electrons. The second-order valence-electron chi connectivity index (χ2n) is 9.30. The molecule has 5 rings (SSSR count). The van der Waals surface area contributed by atoms with Gasteiger partial charge in [-0.1, -0.05) is 24.3 Å². The predicted octanol–water partition coefficient (Wildman–Crippen LogP) is 4.75. The average Bonchev–Trinajstić information content (AvgIpc) is 3.40. The standard InChI is InChI=1S/C28H29FN6O3/c1-18-6-7-21(38-13-10-19-8-11-37-12-9-19)15-22(18)24-16-25(31-17-30-24)33-28(36)27-32-26(34-35-27)14-20-4-2-3-5-23(20)29/h2-7,15-17,19H,8-14H2,1H3,(H,32,34,35)(H,30,31,33,36). The molecule has 0 radical (unpaired) electrons. The smallest absolute Gasteiger partial charge is 0.294 e. The second kappa shape index (κ2) is 11.9. The fourth-order valence-electron chi connectivity index (χ4n) is 4.39. The molecule has 1 saturated heterocycles. The number of anilines is 1. The fraction of sp³-hybridized carbons (Fsp3) is 0.321. The Bertz CT molecular complexity index is 1400. The molecule has 0 spiro atoms. The molecular weight excluding hydrogens is 487 g/mol. The molecule has 0 saturated carbocycles. The summed E-state index contributed by atoms with van der Waals surface area (Å²) in [5.74, 6) is 1.27. The lowest BCUT2D eigenvalue weighted by Gasteiger charge is -2.21. The first kappa shape index (κ1) is 25.5. The number of halogens is 1. The molecule has 0 aliphatic carbocycles. The first-order valence-electron chi connectivity index (χ1n) is 12.6. The van der Waals surface area contributed by atoms with Crippen molar-refractivity contribution in [3.63, 3.8) is 0 Å². The van der Waals surface area contributed by atoms with Gasteiger partial charge in [0.15, 0.2) is 0 Å². The van der Waals surface area contributed by atoms with E-state index in [1.54, 1.807) is 24.3 Å². The Balaban J connectivity index is 1.23. The van der Waals surface area contributed by atoms with E-state index in [0.29, 0.717) is 35.4 Å². The van der Waals surface area contributed by atoms with Gasteiger partial charge in [-0.25, -0.2) is 14.4 Å². The van der Waals surface area contributed by atoms with E-state index in [1.165, 1.54) is 12.4 Å². The zero-order chi connectivity index (χ0) is 26.3. The minimum atomic E-state index is -0.510. The Hall–Kier alpha value is -4.18. The van der Waals surface area contributed by atoms with Crippen LogP contribution < -0.4 is 10.1 Å². The van der Waals surface area contributed by atoms with E-state index in [9.17, 15) is 9.18 Å². The summed E-state index contributed by atoms with van der Waals surface area (Å²) in [5.41, 5.74) is 3.02. The summed E-state index contributed by atoms with van der Waals surface area (Å²) < 4.78 is 25.4. The topological polar surface area (TPSA) is 115 Å². The number of aromatic amines is 1. The van der Waals surface area contributed by atoms with Crippen LogP contribution in [0.3, 0.4) is 0 Å². The normalized spacial score (nSPS) is 13.8. The van der Waals surface area contributed by atoms with E-state index in [2.05, 4.69) is 30.5 Å². The second-order valence-corrected chi connectivity index (χ2v) is 9.30. The van der Waals surface area contributed by atoms with Crippen LogP contribution in [0.25, 0.3) is 11.3 Å². The quantitative estimate of drug-likeness (QED) is 0.330. The van der Waals surface area contributed by atoms with Gasteiger partial charge in [0.05, 0.1) is 12.3 Å². The highest BCUT2D eigenvalue weighted by Crippen LogP contribution is 2.28. The molecular formula is C28H29FN6O3. The van der Waals surface area contributed by atoms with Crippen molar-refractivity contribution in [3.8, 4) is 17.0 Å². The van der Waals surface area contributed by atoms with E-state index in [-0.39, 0.29) is 18.1 Å². The van der Waals surface area contributed by atoms with Gasteiger partial charge in [-0.3, -0.25) is 4.79 Å². The van der Waals surface area contributed by atoms with Crippen LogP contribution in [0.15, 0.2) is 54.9 Å². The Morgan fingerprint density at radius 2 is 1.97 bits per heavy atom. The molecule has 0 atom stereocenters. The number of aromatic nitrogens is 5. The molecule has 3 heterocycles. The molecule has 1 aliphatic heterocycles. The van der Waals surface area contributed by atoms with Crippen LogP contribution in [0.5, 0.6) is 5.75 Å². The minimum absolute atomic E-state index is 0.00704. The Kier molecular flexibility index (Phi) is 7.98. The molecule has 4 aromatic rings. The van der Waals surface area contributed by atoms with Crippen molar-refractivity contribution in [1.82, 2.24) is 25.1 Å². The number of hydrogen-bond donors (Lipinski definition) is 2. The van der Waals surface area contributed by atoms with Gasteiger partial charge in [0.2, 0.25) is 5.82 Å². The van der Waals surface area contributed by atoms with Gasteiger partial charge in [-0.2, -0.15) is 0 Å². The number of hydrogen-bond acceptors (Lipinski definition) is 7. The van der Waals surface area contributed by atoms with Crippen LogP contribution in [-0.2, 0) is 11.2 Å². The van der Waals surface area contributed by atoms with E-state index in [4.69, 9.17) is 9.47 Å². The lowest BCUT2D eigenvalue weighted by Crippen LogP contribution is -2.17. The molecule has 10 heteroatoms. The summed E-state index contributed by atoms with van der Waals surface area (Å²) >= 11 is 0. The van der Waals surface area contributed by atoms with Crippen molar-refractivity contribution >= 4 is 11.7 Å². The lowest BCUT2D eigenvalue weighted by molar-refractivity contribution is 0.0593. The first-order valence-corrected chi connectivity index (χ1v) is 12.6. The Morgan fingerprint density at radius 1 is 1.13 bits per heavy atom. The maximum Gasteiger partial charge on any atom is 0.294 e. The van der Waals surface area contributed by atoms with Gasteiger partial charge in [0.25, 0.3) is 5.91 Å². The van der Waals surface area contributed by atoms with Gasteiger partial charge < -0.3 is 19.8 Å². The molecule has 0 unspecified atom stereocenters. The van der Waals surface area contributed by atoms with Gasteiger partial charge in [-0.15, -0.1) is 10.2 Å². The Morgan fingerprint density at radius 3 is 2.82 bits per heavy atom. The molecule has 38 heavy (non-hydrogen) atoms. The summed E-state index contributed by atoms with van der Waals surface area (Å²) in [6, 6.07) is 14.0. The van der Waals surface area contributed by atoms with Crippen molar-refractivity contribution in [1.29, 1.82) is 0 Å². The largest absolute Gasteiger partial charge is 0.494 e. The minimum Gasteiger partial charge on any atom is -0.494 e. The van der Waals surface area contributed by atoms with E-state index < -0.39 is 5.91 Å². The van der Waals surface area contributed by atoms with Gasteiger partial charge in [0.1, 0.15) is 29.5 Å². The highest BCUT2D eigenvalue weighted by atomic mass is 19.1. The van der Waals surface area contributed by atoms with Crippen LogP contribution >= 0.6 is 0 Å². The molecule has 2 aromatic heterocycles. The van der Waals surface area contributed by atoms with Crippen LogP contribution in [0.4, 0.5) is 10.2 Å². The molecule has 1 aliphatic rings. The first-order chi connectivity index (χ1) is 18.5. The summed E-state index contributed by atoms with van der Waals surface area (Å²) in [6.45, 7) is 4.30. The molecule has 2 aromatic carbocycles. The summed E-state index contributed by atoms with van der Waals surface area (Å²) in [5, 5.41) is 10.6. The zero-order valence-corrected chi connectivity index (χ0v) is 21.1. The number of aryl methyl sites for hydroxylation is 1. The third-order valence-electron chi connectivity index (χ3n) is 6.59. The predicted molar refractivity (Wildman–Crippen MR) is 139 cm³/mol. The van der Waals surface area contributed by atoms with Crippen LogP contribution in [0.2, 0.25) is 0 Å². The van der Waals surface area contributed by atoms with E-state index in [0.717, 1.165) is 49.4 Å². The molecule has 0 bridgehead atoms. The molecule has 1 fully saturated rings. The monoisotopic (exact) mass is 516 g/mol. The van der Waals surface area contributed by atoms with Crippen molar-refractivity contribution < 1.29 is 18.7 Å². The number of carbonyl (C=O) groups excluding carboxylic acids is 1. The number of H-pyrrole nitrogens is 1. The Labute approximate surface area is 219 Å². The number of nitrogens with zero attached hydrogens (tertiary/aromatic N) is 4. The maximum atomic E-state index is 13.9. The average molecular weight is 517 g/mol. The van der Waals surface area contributed by atoms with Gasteiger partial charge in [-0.05, 0) is 61.4 Å². The fourth-order valence-corrected chi connectivity index (χ4v) is 4.39. The summed E-state index contributed by atoms with van der Waals surface area (Å²) in [7, 11) is 0. The van der Waals surface area contributed by atoms with E-state index in [1.807, 2.05) is 25.1 Å². The number of amides is 1. The third-order valence-corrected chi connectivity index (χ3v) is 6.59. The number of benzene rings is 2. The highest BCUT2D eigenvalue weighted by Gasteiger charge is 2.16. The SMILES string of the molecule is Cc1ccc(OCCC2CCOCC2)cc1-c1cc(NC(=O)c2nnc(Cc3ccccc3F)[nH]2)ncn1. The van der Waals surface area contributed by atoms with Crippen LogP contribution in [0.1, 0.15) is 46.8 Å². The summed E-state index contributed by atoms with van der Waals surface area (Å²) in [4.78, 5) is 24.2. The van der Waals surface area contributed by atoms with Crippen molar-refractivity contribution in [2.45, 2.75) is 32.6 Å². The number of rotatable bonds is 9. The lowest BCUT2D eigenvalue weighted by atomic mass is 9.97. The van der Waals surface area contributed by atoms with Gasteiger partial charge >= 0.3 is 0 Å². The van der Waals surface area contributed by atoms with Crippen molar-refractivity contribution in [3.05, 3.63) is 83.5 Å². The van der Waals surface area contributed by atoms with E-state index >= 15 is 0 Å². The van der Waals surface area contributed by atoms with Crippen molar-refractivity contribution in [2.24, 2.45) is 5.92 Å².